The molecule has 1 amide bonds. The van der Waals surface area contributed by atoms with Gasteiger partial charge in [-0.25, -0.2) is 0 Å². The second-order valence-electron chi connectivity index (χ2n) is 5.67. The number of benzene rings is 1. The second-order valence-corrected chi connectivity index (χ2v) is 5.67. The van der Waals surface area contributed by atoms with Gasteiger partial charge >= 0.3 is 0 Å². The van der Waals surface area contributed by atoms with Crippen LogP contribution in [-0.4, -0.2) is 25.0 Å². The minimum absolute atomic E-state index is 0.161. The lowest BCUT2D eigenvalue weighted by Gasteiger charge is -2.33. The van der Waals surface area contributed by atoms with Crippen molar-refractivity contribution in [3.63, 3.8) is 0 Å². The average Bonchev–Trinajstić information content (AvgIpc) is 2.48. The average molecular weight is 275 g/mol. The number of nitrogens with one attached hydrogen (secondary N) is 1. The van der Waals surface area contributed by atoms with Crippen molar-refractivity contribution in [3.8, 4) is 0 Å². The largest absolute Gasteiger partial charge is 0.399 e. The lowest BCUT2D eigenvalue weighted by molar-refractivity contribution is -0.126. The van der Waals surface area contributed by atoms with Crippen LogP contribution in [0.25, 0.3) is 0 Å². The van der Waals surface area contributed by atoms with Gasteiger partial charge < -0.3 is 16.0 Å². The Kier molecular flexibility index (Phi) is 4.88. The topological polar surface area (TPSA) is 58.4 Å². The van der Waals surface area contributed by atoms with Crippen molar-refractivity contribution in [2.24, 2.45) is 5.92 Å². The van der Waals surface area contributed by atoms with Crippen LogP contribution >= 0.6 is 0 Å². The van der Waals surface area contributed by atoms with Crippen molar-refractivity contribution in [2.75, 3.05) is 23.7 Å². The fraction of sp³-hybridized carbons (Fsp3) is 0.562. The van der Waals surface area contributed by atoms with E-state index in [9.17, 15) is 4.79 Å². The van der Waals surface area contributed by atoms with Gasteiger partial charge in [-0.05, 0) is 50.5 Å². The molecule has 0 aliphatic carbocycles. The van der Waals surface area contributed by atoms with Crippen molar-refractivity contribution in [3.05, 3.63) is 24.3 Å². The number of hydrogen-bond donors (Lipinski definition) is 2. The Morgan fingerprint density at radius 3 is 2.50 bits per heavy atom. The Hall–Kier alpha value is -1.71. The van der Waals surface area contributed by atoms with Gasteiger partial charge in [-0.2, -0.15) is 0 Å². The maximum Gasteiger partial charge on any atom is 0.223 e. The maximum absolute atomic E-state index is 12.1. The molecule has 0 spiro atoms. The molecule has 1 saturated heterocycles. The highest BCUT2D eigenvalue weighted by Gasteiger charge is 2.25. The zero-order valence-corrected chi connectivity index (χ0v) is 12.4. The molecule has 1 aliphatic rings. The lowest BCUT2D eigenvalue weighted by Crippen LogP contribution is -2.43. The molecule has 1 unspecified atom stereocenters. The summed E-state index contributed by atoms with van der Waals surface area (Å²) >= 11 is 0. The highest BCUT2D eigenvalue weighted by molar-refractivity contribution is 5.79. The Balaban J connectivity index is 1.86. The quantitative estimate of drug-likeness (QED) is 0.830. The monoisotopic (exact) mass is 275 g/mol. The van der Waals surface area contributed by atoms with E-state index in [0.717, 1.165) is 38.0 Å². The predicted molar refractivity (Wildman–Crippen MR) is 83.7 cm³/mol. The van der Waals surface area contributed by atoms with Crippen LogP contribution in [0.5, 0.6) is 0 Å². The molecule has 4 heteroatoms. The van der Waals surface area contributed by atoms with Crippen LogP contribution in [0.1, 0.15) is 33.1 Å². The fourth-order valence-electron chi connectivity index (χ4n) is 2.55. The van der Waals surface area contributed by atoms with Crippen LogP contribution in [0.4, 0.5) is 11.4 Å². The Morgan fingerprint density at radius 2 is 1.95 bits per heavy atom. The van der Waals surface area contributed by atoms with Crippen molar-refractivity contribution < 1.29 is 4.79 Å². The predicted octanol–water partition coefficient (Wildman–Crippen LogP) is 2.40. The summed E-state index contributed by atoms with van der Waals surface area (Å²) in [5, 5.41) is 3.09. The third-order valence-electron chi connectivity index (χ3n) is 4.13. The van der Waals surface area contributed by atoms with Crippen molar-refractivity contribution >= 4 is 17.3 Å². The number of anilines is 2. The number of carbonyl (C=O) groups excluding carboxylic acids is 1. The van der Waals surface area contributed by atoms with E-state index in [1.807, 2.05) is 12.1 Å². The lowest BCUT2D eigenvalue weighted by atomic mass is 9.95. The highest BCUT2D eigenvalue weighted by atomic mass is 16.1. The zero-order valence-electron chi connectivity index (χ0n) is 12.4. The number of hydrogen-bond acceptors (Lipinski definition) is 3. The van der Waals surface area contributed by atoms with Crippen molar-refractivity contribution in [2.45, 2.75) is 39.2 Å². The molecule has 1 atom stereocenters. The van der Waals surface area contributed by atoms with Crippen molar-refractivity contribution in [1.29, 1.82) is 0 Å². The molecule has 0 aromatic heterocycles. The molecular weight excluding hydrogens is 250 g/mol. The first-order valence-electron chi connectivity index (χ1n) is 7.51. The summed E-state index contributed by atoms with van der Waals surface area (Å²) in [5.74, 6) is 0.380. The van der Waals surface area contributed by atoms with Crippen LogP contribution in [0.3, 0.4) is 0 Å². The molecule has 1 heterocycles. The van der Waals surface area contributed by atoms with E-state index in [1.165, 1.54) is 5.69 Å². The van der Waals surface area contributed by atoms with Gasteiger partial charge in [-0.3, -0.25) is 4.79 Å². The van der Waals surface area contributed by atoms with Crippen LogP contribution in [0.15, 0.2) is 24.3 Å². The van der Waals surface area contributed by atoms with E-state index < -0.39 is 0 Å². The summed E-state index contributed by atoms with van der Waals surface area (Å²) in [6.45, 7) is 6.01. The van der Waals surface area contributed by atoms with Gasteiger partial charge in [0.1, 0.15) is 0 Å². The Morgan fingerprint density at radius 1 is 1.35 bits per heavy atom. The summed E-state index contributed by atoms with van der Waals surface area (Å²) in [6.07, 6.45) is 2.83. The molecule has 1 aromatic rings. The van der Waals surface area contributed by atoms with Gasteiger partial charge in [0.2, 0.25) is 5.91 Å². The first kappa shape index (κ1) is 14.7. The molecule has 1 aliphatic heterocycles. The van der Waals surface area contributed by atoms with Gasteiger partial charge in [-0.15, -0.1) is 0 Å². The smallest absolute Gasteiger partial charge is 0.223 e. The van der Waals surface area contributed by atoms with Crippen LogP contribution < -0.4 is 16.0 Å². The van der Waals surface area contributed by atoms with E-state index in [2.05, 4.69) is 36.2 Å². The molecule has 1 fully saturated rings. The van der Waals surface area contributed by atoms with Crippen LogP contribution in [0.2, 0.25) is 0 Å². The van der Waals surface area contributed by atoms with Gasteiger partial charge in [0.25, 0.3) is 0 Å². The Labute approximate surface area is 121 Å². The Bertz CT molecular complexity index is 436. The molecular formula is C16H25N3O. The first-order valence-corrected chi connectivity index (χ1v) is 7.51. The normalized spacial score (nSPS) is 17.8. The minimum Gasteiger partial charge on any atom is -0.399 e. The standard InChI is InChI=1S/C16H25N3O/c1-3-12(2)18-16(20)13-8-10-19(11-9-13)15-6-4-14(17)5-7-15/h4-7,12-13H,3,8-11,17H2,1-2H3,(H,18,20). The van der Waals surface area contributed by atoms with Crippen LogP contribution in [-0.2, 0) is 4.79 Å². The number of nitrogens with zero attached hydrogens (tertiary/aromatic N) is 1. The molecule has 20 heavy (non-hydrogen) atoms. The maximum atomic E-state index is 12.1. The van der Waals surface area contributed by atoms with Crippen molar-refractivity contribution in [1.82, 2.24) is 5.32 Å². The highest BCUT2D eigenvalue weighted by Crippen LogP contribution is 2.24. The van der Waals surface area contributed by atoms with Gasteiger partial charge in [0.05, 0.1) is 0 Å². The molecule has 0 saturated carbocycles. The zero-order chi connectivity index (χ0) is 14.5. The molecule has 2 rings (SSSR count). The molecule has 3 N–H and O–H groups in total. The molecule has 0 bridgehead atoms. The molecule has 4 nitrogen and oxygen atoms in total. The van der Waals surface area contributed by atoms with E-state index >= 15 is 0 Å². The third kappa shape index (κ3) is 3.65. The number of piperidine rings is 1. The van der Waals surface area contributed by atoms with E-state index in [4.69, 9.17) is 5.73 Å². The van der Waals surface area contributed by atoms with Gasteiger partial charge in [0.15, 0.2) is 0 Å². The van der Waals surface area contributed by atoms with E-state index in [-0.39, 0.29) is 17.9 Å². The van der Waals surface area contributed by atoms with Gasteiger partial charge in [-0.1, -0.05) is 6.92 Å². The van der Waals surface area contributed by atoms with Crippen LogP contribution in [0, 0.1) is 5.92 Å². The summed E-state index contributed by atoms with van der Waals surface area (Å²) in [6, 6.07) is 8.23. The van der Waals surface area contributed by atoms with Gasteiger partial charge in [0, 0.05) is 36.4 Å². The number of amides is 1. The summed E-state index contributed by atoms with van der Waals surface area (Å²) < 4.78 is 0. The third-order valence-corrected chi connectivity index (χ3v) is 4.13. The number of carbonyl (C=O) groups is 1. The summed E-state index contributed by atoms with van der Waals surface area (Å²) in [7, 11) is 0. The molecule has 0 radical (unpaired) electrons. The first-order chi connectivity index (χ1) is 9.60. The van der Waals surface area contributed by atoms with E-state index in [1.54, 1.807) is 0 Å². The number of nitrogens with two attached hydrogens (primary N) is 1. The molecule has 110 valence electrons. The van der Waals surface area contributed by atoms with E-state index in [0.29, 0.717) is 0 Å². The minimum atomic E-state index is 0.161. The SMILES string of the molecule is CCC(C)NC(=O)C1CCN(c2ccc(N)cc2)CC1. The summed E-state index contributed by atoms with van der Waals surface area (Å²) in [4.78, 5) is 14.4. The number of nitrogen functional groups attached to an aromatic ring is 1. The summed E-state index contributed by atoms with van der Waals surface area (Å²) in [5.41, 5.74) is 7.69. The fourth-order valence-corrected chi connectivity index (χ4v) is 2.55. The number of rotatable bonds is 4. The second kappa shape index (κ2) is 6.64. The molecule has 1 aromatic carbocycles.